The van der Waals surface area contributed by atoms with Crippen LogP contribution in [-0.2, 0) is 11.3 Å². The molecule has 5 nitrogen and oxygen atoms in total. The van der Waals surface area contributed by atoms with Gasteiger partial charge in [-0.3, -0.25) is 0 Å². The van der Waals surface area contributed by atoms with Gasteiger partial charge in [-0.15, -0.1) is 0 Å². The molecular formula is C17H17ClN2O3. The quantitative estimate of drug-likeness (QED) is 0.642. The molecular weight excluding hydrogens is 316 g/mol. The number of hydrogen-bond acceptors (Lipinski definition) is 4. The number of hydrazone groups is 1. The van der Waals surface area contributed by atoms with Gasteiger partial charge in [0.25, 0.3) is 0 Å². The monoisotopic (exact) mass is 332 g/mol. The van der Waals surface area contributed by atoms with Crippen molar-refractivity contribution in [3.63, 3.8) is 0 Å². The third-order valence-electron chi connectivity index (χ3n) is 2.89. The van der Waals surface area contributed by atoms with Crippen molar-refractivity contribution in [3.05, 3.63) is 64.7 Å². The highest BCUT2D eigenvalue weighted by molar-refractivity contribution is 6.31. The van der Waals surface area contributed by atoms with Gasteiger partial charge in [-0.2, -0.15) is 5.10 Å². The summed E-state index contributed by atoms with van der Waals surface area (Å²) in [5.74, 6) is 0.641. The van der Waals surface area contributed by atoms with Crippen LogP contribution in [0.25, 0.3) is 0 Å². The van der Waals surface area contributed by atoms with Crippen LogP contribution in [0.3, 0.4) is 0 Å². The molecule has 0 aliphatic heterocycles. The fourth-order valence-electron chi connectivity index (χ4n) is 1.81. The number of rotatable bonds is 6. The van der Waals surface area contributed by atoms with Crippen LogP contribution in [0, 0.1) is 0 Å². The molecule has 0 aliphatic carbocycles. The molecule has 1 N–H and O–H groups in total. The van der Waals surface area contributed by atoms with Crippen LogP contribution in [0.2, 0.25) is 5.02 Å². The Morgan fingerprint density at radius 1 is 1.22 bits per heavy atom. The second kappa shape index (κ2) is 8.80. The molecule has 2 aromatic rings. The minimum atomic E-state index is -0.599. The maximum absolute atomic E-state index is 11.2. The van der Waals surface area contributed by atoms with E-state index in [0.29, 0.717) is 24.0 Å². The van der Waals surface area contributed by atoms with E-state index in [1.165, 1.54) is 6.21 Å². The lowest BCUT2D eigenvalue weighted by Crippen LogP contribution is -2.18. The standard InChI is InChI=1S/C17H17ClN2O3/c1-2-22-17(21)20-19-11-13-7-4-6-10-16(13)23-12-14-8-3-5-9-15(14)18/h3-11H,2,12H2,1H3,(H,20,21)/b19-11-. The lowest BCUT2D eigenvalue weighted by atomic mass is 10.2. The summed E-state index contributed by atoms with van der Waals surface area (Å²) in [7, 11) is 0. The lowest BCUT2D eigenvalue weighted by molar-refractivity contribution is 0.152. The Labute approximate surface area is 139 Å². The first-order chi connectivity index (χ1) is 11.2. The topological polar surface area (TPSA) is 59.9 Å². The summed E-state index contributed by atoms with van der Waals surface area (Å²) in [4.78, 5) is 11.2. The van der Waals surface area contributed by atoms with E-state index >= 15 is 0 Å². The van der Waals surface area contributed by atoms with Gasteiger partial charge < -0.3 is 9.47 Å². The summed E-state index contributed by atoms with van der Waals surface area (Å²) < 4.78 is 10.5. The molecule has 23 heavy (non-hydrogen) atoms. The van der Waals surface area contributed by atoms with Crippen LogP contribution in [0.1, 0.15) is 18.1 Å². The van der Waals surface area contributed by atoms with Gasteiger partial charge in [0, 0.05) is 16.1 Å². The number of carbonyl (C=O) groups is 1. The normalized spacial score (nSPS) is 10.5. The Morgan fingerprint density at radius 2 is 1.96 bits per heavy atom. The fraction of sp³-hybridized carbons (Fsp3) is 0.176. The number of amides is 1. The minimum absolute atomic E-state index is 0.291. The predicted octanol–water partition coefficient (Wildman–Crippen LogP) is 4.00. The highest BCUT2D eigenvalue weighted by Gasteiger charge is 2.04. The van der Waals surface area contributed by atoms with Crippen LogP contribution in [0.15, 0.2) is 53.6 Å². The Morgan fingerprint density at radius 3 is 2.74 bits per heavy atom. The zero-order valence-electron chi connectivity index (χ0n) is 12.7. The number of para-hydroxylation sites is 1. The van der Waals surface area contributed by atoms with Gasteiger partial charge in [0.15, 0.2) is 0 Å². The number of nitrogens with one attached hydrogen (secondary N) is 1. The first-order valence-corrected chi connectivity index (χ1v) is 7.49. The summed E-state index contributed by atoms with van der Waals surface area (Å²) in [6, 6.07) is 14.9. The van der Waals surface area contributed by atoms with Gasteiger partial charge in [0.2, 0.25) is 0 Å². The van der Waals surface area contributed by atoms with Gasteiger partial charge in [-0.1, -0.05) is 41.9 Å². The molecule has 0 heterocycles. The van der Waals surface area contributed by atoms with E-state index in [1.807, 2.05) is 48.5 Å². The molecule has 0 fully saturated rings. The van der Waals surface area contributed by atoms with Crippen LogP contribution in [-0.4, -0.2) is 18.9 Å². The van der Waals surface area contributed by atoms with Crippen LogP contribution < -0.4 is 10.2 Å². The number of halogens is 1. The van der Waals surface area contributed by atoms with Gasteiger partial charge in [0.05, 0.1) is 12.8 Å². The third-order valence-corrected chi connectivity index (χ3v) is 3.26. The summed E-state index contributed by atoms with van der Waals surface area (Å²) in [5, 5.41) is 4.49. The van der Waals surface area contributed by atoms with Crippen molar-refractivity contribution >= 4 is 23.9 Å². The number of benzene rings is 2. The van der Waals surface area contributed by atoms with E-state index in [0.717, 1.165) is 11.1 Å². The predicted molar refractivity (Wildman–Crippen MR) is 90.0 cm³/mol. The molecule has 0 atom stereocenters. The lowest BCUT2D eigenvalue weighted by Gasteiger charge is -2.10. The molecule has 120 valence electrons. The Kier molecular flexibility index (Phi) is 6.44. The molecule has 0 radical (unpaired) electrons. The van der Waals surface area contributed by atoms with Gasteiger partial charge in [0.1, 0.15) is 12.4 Å². The Hall–Kier alpha value is -2.53. The van der Waals surface area contributed by atoms with E-state index in [4.69, 9.17) is 21.1 Å². The molecule has 0 saturated heterocycles. The maximum atomic E-state index is 11.2. The van der Waals surface area contributed by atoms with Crippen molar-refractivity contribution in [1.82, 2.24) is 5.43 Å². The summed E-state index contributed by atoms with van der Waals surface area (Å²) >= 11 is 6.11. The van der Waals surface area contributed by atoms with E-state index in [-0.39, 0.29) is 0 Å². The second-order valence-electron chi connectivity index (χ2n) is 4.51. The average Bonchev–Trinajstić information content (AvgIpc) is 2.55. The molecule has 0 saturated carbocycles. The fourth-order valence-corrected chi connectivity index (χ4v) is 2.00. The SMILES string of the molecule is CCOC(=O)N/N=C\c1ccccc1OCc1ccccc1Cl. The van der Waals surface area contributed by atoms with E-state index in [1.54, 1.807) is 6.92 Å². The largest absolute Gasteiger partial charge is 0.488 e. The third kappa shape index (κ3) is 5.30. The Balaban J connectivity index is 2.01. The molecule has 1 amide bonds. The highest BCUT2D eigenvalue weighted by atomic mass is 35.5. The molecule has 0 spiro atoms. The van der Waals surface area contributed by atoms with Crippen LogP contribution in [0.5, 0.6) is 5.75 Å². The highest BCUT2D eigenvalue weighted by Crippen LogP contribution is 2.20. The molecule has 2 aromatic carbocycles. The van der Waals surface area contributed by atoms with E-state index in [2.05, 4.69) is 10.5 Å². The Bertz CT molecular complexity index is 689. The van der Waals surface area contributed by atoms with Crippen molar-refractivity contribution in [2.24, 2.45) is 5.10 Å². The molecule has 6 heteroatoms. The number of hydrogen-bond donors (Lipinski definition) is 1. The molecule has 0 aliphatic rings. The van der Waals surface area contributed by atoms with Gasteiger partial charge >= 0.3 is 6.09 Å². The maximum Gasteiger partial charge on any atom is 0.427 e. The smallest absolute Gasteiger partial charge is 0.427 e. The summed E-state index contributed by atoms with van der Waals surface area (Å²) in [6.07, 6.45) is 0.900. The zero-order chi connectivity index (χ0) is 16.5. The van der Waals surface area contributed by atoms with Crippen LogP contribution >= 0.6 is 11.6 Å². The van der Waals surface area contributed by atoms with Crippen molar-refractivity contribution in [1.29, 1.82) is 0 Å². The van der Waals surface area contributed by atoms with Crippen LogP contribution in [0.4, 0.5) is 4.79 Å². The first-order valence-electron chi connectivity index (χ1n) is 7.11. The zero-order valence-corrected chi connectivity index (χ0v) is 13.4. The molecule has 0 bridgehead atoms. The van der Waals surface area contributed by atoms with Crippen molar-refractivity contribution in [3.8, 4) is 5.75 Å². The van der Waals surface area contributed by atoms with Gasteiger partial charge in [-0.25, -0.2) is 10.2 Å². The molecule has 0 aromatic heterocycles. The van der Waals surface area contributed by atoms with E-state index in [9.17, 15) is 4.79 Å². The second-order valence-corrected chi connectivity index (χ2v) is 4.92. The average molecular weight is 333 g/mol. The van der Waals surface area contributed by atoms with Gasteiger partial charge in [-0.05, 0) is 25.1 Å². The number of nitrogens with zero attached hydrogens (tertiary/aromatic N) is 1. The number of carbonyl (C=O) groups excluding carboxylic acids is 1. The number of ether oxygens (including phenoxy) is 2. The van der Waals surface area contributed by atoms with Crippen molar-refractivity contribution in [2.75, 3.05) is 6.61 Å². The van der Waals surface area contributed by atoms with E-state index < -0.39 is 6.09 Å². The molecule has 2 rings (SSSR count). The summed E-state index contributed by atoms with van der Waals surface area (Å²) in [5.41, 5.74) is 3.90. The summed E-state index contributed by atoms with van der Waals surface area (Å²) in [6.45, 7) is 2.36. The first kappa shape index (κ1) is 16.8. The molecule has 0 unspecified atom stereocenters. The van der Waals surface area contributed by atoms with Crippen molar-refractivity contribution in [2.45, 2.75) is 13.5 Å². The minimum Gasteiger partial charge on any atom is -0.488 e. The van der Waals surface area contributed by atoms with Crippen molar-refractivity contribution < 1.29 is 14.3 Å².